The summed E-state index contributed by atoms with van der Waals surface area (Å²) in [5, 5.41) is 7.46. The molecule has 1 fully saturated rings. The van der Waals surface area contributed by atoms with Crippen LogP contribution in [-0.4, -0.2) is 59.3 Å². The largest absolute Gasteiger partial charge is 0.357 e. The van der Waals surface area contributed by atoms with E-state index >= 15 is 0 Å². The van der Waals surface area contributed by atoms with E-state index in [1.54, 1.807) is 15.8 Å². The van der Waals surface area contributed by atoms with Crippen LogP contribution in [0.25, 0.3) is 0 Å². The summed E-state index contributed by atoms with van der Waals surface area (Å²) in [5.74, 6) is 1.63. The molecule has 0 aliphatic carbocycles. The minimum Gasteiger partial charge on any atom is -0.357 e. The molecular weight excluding hydrogens is 431 g/mol. The average molecular weight is 462 g/mol. The van der Waals surface area contributed by atoms with Gasteiger partial charge >= 0.3 is 0 Å². The van der Waals surface area contributed by atoms with E-state index in [-0.39, 0.29) is 29.9 Å². The highest BCUT2D eigenvalue weighted by Gasteiger charge is 2.27. The van der Waals surface area contributed by atoms with E-state index in [1.807, 2.05) is 18.1 Å². The number of rotatable bonds is 6. The first-order valence-corrected chi connectivity index (χ1v) is 8.83. The Morgan fingerprint density at radius 3 is 2.72 bits per heavy atom. The summed E-state index contributed by atoms with van der Waals surface area (Å²) in [5.41, 5.74) is 0.862. The van der Waals surface area contributed by atoms with Crippen LogP contribution >= 0.6 is 24.0 Å². The molecule has 1 N–H and O–H groups in total. The smallest absolute Gasteiger partial charge is 0.246 e. The minimum absolute atomic E-state index is 0. The van der Waals surface area contributed by atoms with Crippen LogP contribution in [0, 0.1) is 5.92 Å². The van der Waals surface area contributed by atoms with Gasteiger partial charge in [0.25, 0.3) is 0 Å². The van der Waals surface area contributed by atoms with Gasteiger partial charge in [0, 0.05) is 39.4 Å². The van der Waals surface area contributed by atoms with Crippen molar-refractivity contribution in [2.45, 2.75) is 33.6 Å². The number of anilines is 1. The highest BCUT2D eigenvalue weighted by molar-refractivity contribution is 14.0. The van der Waals surface area contributed by atoms with Gasteiger partial charge in [-0.05, 0) is 25.7 Å². The summed E-state index contributed by atoms with van der Waals surface area (Å²) in [6.45, 7) is 9.90. The molecule has 0 atom stereocenters. The predicted molar refractivity (Wildman–Crippen MR) is 113 cm³/mol. The minimum atomic E-state index is 0. The van der Waals surface area contributed by atoms with Gasteiger partial charge in [-0.2, -0.15) is 5.10 Å². The molecule has 1 aliphatic rings. The molecule has 0 unspecified atom stereocenters. The SMILES string of the molecule is CCNC(=NCCCC(C)C)N1CCN(c2cnn(C)c2)C(=O)C1.I. The second kappa shape index (κ2) is 10.6. The molecular formula is C17H31IN6O. The molecule has 142 valence electrons. The molecule has 1 aromatic rings. The highest BCUT2D eigenvalue weighted by Crippen LogP contribution is 2.16. The first-order valence-electron chi connectivity index (χ1n) is 8.83. The van der Waals surface area contributed by atoms with E-state index in [1.165, 1.54) is 6.42 Å². The second-order valence-corrected chi connectivity index (χ2v) is 6.61. The zero-order valence-electron chi connectivity index (χ0n) is 15.7. The maximum absolute atomic E-state index is 12.5. The summed E-state index contributed by atoms with van der Waals surface area (Å²) in [4.78, 5) is 21.0. The fourth-order valence-electron chi connectivity index (χ4n) is 2.78. The lowest BCUT2D eigenvalue weighted by atomic mass is 10.1. The zero-order valence-corrected chi connectivity index (χ0v) is 18.1. The lowest BCUT2D eigenvalue weighted by molar-refractivity contribution is -0.120. The molecule has 0 aromatic carbocycles. The number of aryl methyl sites for hydroxylation is 1. The Balaban J connectivity index is 0.00000312. The van der Waals surface area contributed by atoms with Gasteiger partial charge in [0.15, 0.2) is 5.96 Å². The number of nitrogens with zero attached hydrogens (tertiary/aromatic N) is 5. The van der Waals surface area contributed by atoms with Crippen molar-refractivity contribution in [3.63, 3.8) is 0 Å². The van der Waals surface area contributed by atoms with Gasteiger partial charge in [0.2, 0.25) is 5.91 Å². The molecule has 2 rings (SSSR count). The van der Waals surface area contributed by atoms with E-state index in [2.05, 4.69) is 36.2 Å². The quantitative estimate of drug-likeness (QED) is 0.305. The Morgan fingerprint density at radius 2 is 2.16 bits per heavy atom. The summed E-state index contributed by atoms with van der Waals surface area (Å²) >= 11 is 0. The van der Waals surface area contributed by atoms with Crippen molar-refractivity contribution in [3.05, 3.63) is 12.4 Å². The fraction of sp³-hybridized carbons (Fsp3) is 0.706. The van der Waals surface area contributed by atoms with E-state index in [4.69, 9.17) is 0 Å². The van der Waals surface area contributed by atoms with Gasteiger partial charge in [0.1, 0.15) is 6.54 Å². The highest BCUT2D eigenvalue weighted by atomic mass is 127. The van der Waals surface area contributed by atoms with Crippen molar-refractivity contribution in [3.8, 4) is 0 Å². The van der Waals surface area contributed by atoms with Gasteiger partial charge in [-0.3, -0.25) is 14.5 Å². The van der Waals surface area contributed by atoms with Gasteiger partial charge in [0.05, 0.1) is 11.9 Å². The number of nitrogens with one attached hydrogen (secondary N) is 1. The van der Waals surface area contributed by atoms with Gasteiger partial charge in [-0.15, -0.1) is 24.0 Å². The number of guanidine groups is 1. The monoisotopic (exact) mass is 462 g/mol. The number of amides is 1. The zero-order chi connectivity index (χ0) is 17.5. The molecule has 2 heterocycles. The van der Waals surface area contributed by atoms with Crippen molar-refractivity contribution in [2.24, 2.45) is 18.0 Å². The Hall–Kier alpha value is -1.32. The van der Waals surface area contributed by atoms with Crippen molar-refractivity contribution in [1.29, 1.82) is 0 Å². The third-order valence-corrected chi connectivity index (χ3v) is 4.06. The first kappa shape index (κ1) is 21.7. The van der Waals surface area contributed by atoms with Crippen LogP contribution in [0.3, 0.4) is 0 Å². The third kappa shape index (κ3) is 6.48. The number of carbonyl (C=O) groups is 1. The van der Waals surface area contributed by atoms with Crippen LogP contribution in [0.5, 0.6) is 0 Å². The van der Waals surface area contributed by atoms with Gasteiger partial charge in [-0.1, -0.05) is 13.8 Å². The second-order valence-electron chi connectivity index (χ2n) is 6.61. The summed E-state index contributed by atoms with van der Waals surface area (Å²) in [6, 6.07) is 0. The molecule has 1 amide bonds. The molecule has 1 aliphatic heterocycles. The van der Waals surface area contributed by atoms with Crippen LogP contribution < -0.4 is 10.2 Å². The van der Waals surface area contributed by atoms with Crippen molar-refractivity contribution in [1.82, 2.24) is 20.0 Å². The number of hydrogen-bond acceptors (Lipinski definition) is 3. The molecule has 0 spiro atoms. The standard InChI is InChI=1S/C17H30N6O.HI/c1-5-18-17(19-8-6-7-14(2)3)22-9-10-23(16(24)13-22)15-11-20-21(4)12-15;/h11-12,14H,5-10,13H2,1-4H3,(H,18,19);1H. The number of aromatic nitrogens is 2. The molecule has 0 bridgehead atoms. The summed E-state index contributed by atoms with van der Waals surface area (Å²) in [7, 11) is 1.86. The van der Waals surface area contributed by atoms with Crippen molar-refractivity contribution < 1.29 is 4.79 Å². The number of carbonyl (C=O) groups excluding carboxylic acids is 1. The van der Waals surface area contributed by atoms with E-state index < -0.39 is 0 Å². The lowest BCUT2D eigenvalue weighted by Crippen LogP contribution is -2.55. The van der Waals surface area contributed by atoms with Crippen molar-refractivity contribution in [2.75, 3.05) is 37.6 Å². The van der Waals surface area contributed by atoms with Crippen LogP contribution in [-0.2, 0) is 11.8 Å². The van der Waals surface area contributed by atoms with E-state index in [0.29, 0.717) is 19.0 Å². The Morgan fingerprint density at radius 1 is 1.40 bits per heavy atom. The number of aliphatic imine (C=N–C) groups is 1. The Labute approximate surface area is 167 Å². The number of hydrogen-bond donors (Lipinski definition) is 1. The molecule has 8 heteroatoms. The predicted octanol–water partition coefficient (Wildman–Crippen LogP) is 2.09. The van der Waals surface area contributed by atoms with Crippen LogP contribution in [0.2, 0.25) is 0 Å². The maximum Gasteiger partial charge on any atom is 0.246 e. The van der Waals surface area contributed by atoms with Gasteiger partial charge in [-0.25, -0.2) is 0 Å². The lowest BCUT2D eigenvalue weighted by Gasteiger charge is -2.35. The molecule has 1 saturated heterocycles. The van der Waals surface area contributed by atoms with Crippen LogP contribution in [0.1, 0.15) is 33.6 Å². The van der Waals surface area contributed by atoms with Crippen molar-refractivity contribution >= 4 is 41.5 Å². The molecule has 25 heavy (non-hydrogen) atoms. The first-order chi connectivity index (χ1) is 11.5. The van der Waals surface area contributed by atoms with E-state index in [0.717, 1.165) is 37.7 Å². The topological polar surface area (TPSA) is 65.8 Å². The number of halogens is 1. The molecule has 7 nitrogen and oxygen atoms in total. The fourth-order valence-corrected chi connectivity index (χ4v) is 2.78. The Bertz CT molecular complexity index is 571. The number of piperazine rings is 1. The summed E-state index contributed by atoms with van der Waals surface area (Å²) in [6.07, 6.45) is 5.87. The van der Waals surface area contributed by atoms with Gasteiger partial charge < -0.3 is 15.1 Å². The molecule has 1 aromatic heterocycles. The average Bonchev–Trinajstić information content (AvgIpc) is 2.96. The normalized spacial score (nSPS) is 15.6. The third-order valence-electron chi connectivity index (χ3n) is 4.06. The Kier molecular flexibility index (Phi) is 9.23. The van der Waals surface area contributed by atoms with Crippen LogP contribution in [0.4, 0.5) is 5.69 Å². The van der Waals surface area contributed by atoms with E-state index in [9.17, 15) is 4.79 Å². The summed E-state index contributed by atoms with van der Waals surface area (Å²) < 4.78 is 1.72. The molecule has 0 radical (unpaired) electrons. The van der Waals surface area contributed by atoms with Crippen LogP contribution in [0.15, 0.2) is 17.4 Å². The maximum atomic E-state index is 12.5. The molecule has 0 saturated carbocycles.